The lowest BCUT2D eigenvalue weighted by Crippen LogP contribution is -2.47. The number of anilines is 2. The van der Waals surface area contributed by atoms with Crippen LogP contribution in [0.3, 0.4) is 0 Å². The number of nitrogens with two attached hydrogens (primary N) is 1. The maximum atomic E-state index is 12.1. The van der Waals surface area contributed by atoms with Crippen molar-refractivity contribution in [3.8, 4) is 0 Å². The lowest BCUT2D eigenvalue weighted by molar-refractivity contribution is 0.0951. The van der Waals surface area contributed by atoms with E-state index >= 15 is 0 Å². The second-order valence-corrected chi connectivity index (χ2v) is 6.90. The Balaban J connectivity index is 1.35. The van der Waals surface area contributed by atoms with Crippen LogP contribution in [0.5, 0.6) is 0 Å². The van der Waals surface area contributed by atoms with E-state index in [2.05, 4.69) is 46.3 Å². The highest BCUT2D eigenvalue weighted by molar-refractivity contribution is 5.94. The number of nitrogens with one attached hydrogen (secondary N) is 1. The monoisotopic (exact) mass is 352 g/mol. The zero-order valence-corrected chi connectivity index (χ0v) is 15.4. The smallest absolute Gasteiger partial charge is 0.251 e. The van der Waals surface area contributed by atoms with Crippen LogP contribution in [-0.4, -0.2) is 50.1 Å². The highest BCUT2D eigenvalue weighted by atomic mass is 16.1. The Morgan fingerprint density at radius 2 is 1.81 bits per heavy atom. The minimum Gasteiger partial charge on any atom is -0.399 e. The molecule has 0 atom stereocenters. The number of benzene rings is 2. The zero-order valence-electron chi connectivity index (χ0n) is 15.4. The van der Waals surface area contributed by atoms with Crippen molar-refractivity contribution in [1.82, 2.24) is 10.2 Å². The van der Waals surface area contributed by atoms with E-state index in [9.17, 15) is 4.79 Å². The molecule has 0 spiro atoms. The van der Waals surface area contributed by atoms with Crippen LogP contribution in [0.15, 0.2) is 48.5 Å². The van der Waals surface area contributed by atoms with Crippen molar-refractivity contribution in [3.05, 3.63) is 59.7 Å². The number of aryl methyl sites for hydroxylation is 1. The van der Waals surface area contributed by atoms with Crippen LogP contribution < -0.4 is 16.0 Å². The minimum atomic E-state index is -0.0331. The zero-order chi connectivity index (χ0) is 18.4. The molecule has 0 saturated carbocycles. The van der Waals surface area contributed by atoms with Gasteiger partial charge in [0.25, 0.3) is 5.91 Å². The van der Waals surface area contributed by atoms with E-state index in [1.54, 1.807) is 24.3 Å². The number of rotatable bonds is 6. The van der Waals surface area contributed by atoms with Crippen molar-refractivity contribution in [1.29, 1.82) is 0 Å². The summed E-state index contributed by atoms with van der Waals surface area (Å²) in [6.45, 7) is 8.10. The van der Waals surface area contributed by atoms with Crippen LogP contribution in [0, 0.1) is 6.92 Å². The molecule has 2 aromatic rings. The molecule has 1 heterocycles. The predicted molar refractivity (Wildman–Crippen MR) is 108 cm³/mol. The van der Waals surface area contributed by atoms with E-state index in [0.29, 0.717) is 17.8 Å². The molecule has 1 aliphatic heterocycles. The van der Waals surface area contributed by atoms with Crippen LogP contribution in [0.25, 0.3) is 0 Å². The van der Waals surface area contributed by atoms with Gasteiger partial charge < -0.3 is 16.0 Å². The molecule has 1 saturated heterocycles. The summed E-state index contributed by atoms with van der Waals surface area (Å²) < 4.78 is 0. The van der Waals surface area contributed by atoms with Gasteiger partial charge in [0.1, 0.15) is 0 Å². The minimum absolute atomic E-state index is 0.0331. The first-order valence-corrected chi connectivity index (χ1v) is 9.29. The van der Waals surface area contributed by atoms with Crippen molar-refractivity contribution in [2.45, 2.75) is 13.3 Å². The lowest BCUT2D eigenvalue weighted by Gasteiger charge is -2.36. The number of amides is 1. The number of piperazine rings is 1. The third kappa shape index (κ3) is 4.99. The van der Waals surface area contributed by atoms with Gasteiger partial charge in [-0.1, -0.05) is 12.1 Å². The highest BCUT2D eigenvalue weighted by Crippen LogP contribution is 2.17. The summed E-state index contributed by atoms with van der Waals surface area (Å²) in [7, 11) is 0. The number of nitrogens with zero attached hydrogens (tertiary/aromatic N) is 2. The maximum absolute atomic E-state index is 12.1. The van der Waals surface area contributed by atoms with Crippen molar-refractivity contribution in [2.75, 3.05) is 49.9 Å². The van der Waals surface area contributed by atoms with E-state index < -0.39 is 0 Å². The molecule has 0 aromatic heterocycles. The number of hydrogen-bond acceptors (Lipinski definition) is 4. The standard InChI is InChI=1S/C21H28N4O/c1-17-4-2-5-20(16-17)25-14-12-24(13-15-25)11-3-10-23-21(26)18-6-8-19(22)9-7-18/h2,4-9,16H,3,10-15,22H2,1H3,(H,23,26). The van der Waals surface area contributed by atoms with Crippen LogP contribution in [-0.2, 0) is 0 Å². The average molecular weight is 352 g/mol. The molecule has 1 fully saturated rings. The Morgan fingerprint density at radius 3 is 2.50 bits per heavy atom. The highest BCUT2D eigenvalue weighted by Gasteiger charge is 2.16. The normalized spacial score (nSPS) is 15.0. The molecule has 26 heavy (non-hydrogen) atoms. The molecule has 0 bridgehead atoms. The van der Waals surface area contributed by atoms with E-state index in [1.165, 1.54) is 11.3 Å². The summed E-state index contributed by atoms with van der Waals surface area (Å²) >= 11 is 0. The first-order valence-electron chi connectivity index (χ1n) is 9.29. The van der Waals surface area contributed by atoms with E-state index in [0.717, 1.165) is 39.1 Å². The average Bonchev–Trinajstić information content (AvgIpc) is 2.66. The number of hydrogen-bond donors (Lipinski definition) is 2. The van der Waals surface area contributed by atoms with Crippen LogP contribution in [0.4, 0.5) is 11.4 Å². The van der Waals surface area contributed by atoms with Crippen molar-refractivity contribution in [3.63, 3.8) is 0 Å². The third-order valence-electron chi connectivity index (χ3n) is 4.85. The summed E-state index contributed by atoms with van der Waals surface area (Å²) in [4.78, 5) is 17.0. The van der Waals surface area contributed by atoms with Gasteiger partial charge in [-0.3, -0.25) is 9.69 Å². The Hall–Kier alpha value is -2.53. The van der Waals surface area contributed by atoms with E-state index in [4.69, 9.17) is 5.73 Å². The summed E-state index contributed by atoms with van der Waals surface area (Å²) in [6, 6.07) is 15.7. The molecular formula is C21H28N4O. The number of carbonyl (C=O) groups excluding carboxylic acids is 1. The largest absolute Gasteiger partial charge is 0.399 e. The van der Waals surface area contributed by atoms with Crippen molar-refractivity contribution >= 4 is 17.3 Å². The second kappa shape index (κ2) is 8.72. The topological polar surface area (TPSA) is 61.6 Å². The van der Waals surface area contributed by atoms with E-state index in [-0.39, 0.29) is 5.91 Å². The fourth-order valence-corrected chi connectivity index (χ4v) is 3.30. The quantitative estimate of drug-likeness (QED) is 0.619. The van der Waals surface area contributed by atoms with E-state index in [1.807, 2.05) is 0 Å². The SMILES string of the molecule is Cc1cccc(N2CCN(CCCNC(=O)c3ccc(N)cc3)CC2)c1. The van der Waals surface area contributed by atoms with Gasteiger partial charge in [-0.15, -0.1) is 0 Å². The van der Waals surface area contributed by atoms with Gasteiger partial charge in [0.15, 0.2) is 0 Å². The summed E-state index contributed by atoms with van der Waals surface area (Å²) in [6.07, 6.45) is 0.963. The van der Waals surface area contributed by atoms with Gasteiger partial charge in [0.05, 0.1) is 0 Å². The summed E-state index contributed by atoms with van der Waals surface area (Å²) in [5, 5.41) is 2.98. The third-order valence-corrected chi connectivity index (χ3v) is 4.85. The fraction of sp³-hybridized carbons (Fsp3) is 0.381. The molecule has 1 amide bonds. The Kier molecular flexibility index (Phi) is 6.12. The summed E-state index contributed by atoms with van der Waals surface area (Å²) in [5.74, 6) is -0.0331. The molecule has 138 valence electrons. The molecule has 0 unspecified atom stereocenters. The van der Waals surface area contributed by atoms with Crippen molar-refractivity contribution < 1.29 is 4.79 Å². The van der Waals surface area contributed by atoms with Crippen LogP contribution in [0.1, 0.15) is 22.3 Å². The molecule has 0 aliphatic carbocycles. The van der Waals surface area contributed by atoms with Gasteiger partial charge in [0, 0.05) is 49.7 Å². The van der Waals surface area contributed by atoms with Gasteiger partial charge >= 0.3 is 0 Å². The number of nitrogen functional groups attached to an aromatic ring is 1. The molecule has 5 heteroatoms. The Morgan fingerprint density at radius 1 is 1.08 bits per heavy atom. The fourth-order valence-electron chi connectivity index (χ4n) is 3.30. The maximum Gasteiger partial charge on any atom is 0.251 e. The summed E-state index contributed by atoms with van der Waals surface area (Å²) in [5.41, 5.74) is 9.60. The molecule has 0 radical (unpaired) electrons. The molecule has 2 aromatic carbocycles. The molecule has 1 aliphatic rings. The number of carbonyl (C=O) groups is 1. The van der Waals surface area contributed by atoms with Crippen LogP contribution >= 0.6 is 0 Å². The lowest BCUT2D eigenvalue weighted by atomic mass is 10.2. The molecule has 3 N–H and O–H groups in total. The Bertz CT molecular complexity index is 721. The predicted octanol–water partition coefficient (Wildman–Crippen LogP) is 2.52. The van der Waals surface area contributed by atoms with Crippen LogP contribution in [0.2, 0.25) is 0 Å². The van der Waals surface area contributed by atoms with Gasteiger partial charge in [-0.25, -0.2) is 0 Å². The van der Waals surface area contributed by atoms with Gasteiger partial charge in [0.2, 0.25) is 0 Å². The second-order valence-electron chi connectivity index (χ2n) is 6.90. The van der Waals surface area contributed by atoms with Crippen molar-refractivity contribution in [2.24, 2.45) is 0 Å². The first kappa shape index (κ1) is 18.3. The molecule has 3 rings (SSSR count). The van der Waals surface area contributed by atoms with Gasteiger partial charge in [-0.05, 0) is 61.9 Å². The van der Waals surface area contributed by atoms with Gasteiger partial charge in [-0.2, -0.15) is 0 Å². The molecule has 5 nitrogen and oxygen atoms in total. The molecular weight excluding hydrogens is 324 g/mol. The Labute approximate surface area is 155 Å². The first-order chi connectivity index (χ1) is 12.6.